The molecule has 0 saturated carbocycles. The highest BCUT2D eigenvalue weighted by molar-refractivity contribution is 6.31. The Bertz CT molecular complexity index is 851. The molecule has 0 bridgehead atoms. The van der Waals surface area contributed by atoms with Crippen LogP contribution in [0, 0.1) is 0 Å². The fourth-order valence-electron chi connectivity index (χ4n) is 3.84. The molecular formula is C20H22ClN3O3. The molecule has 6 nitrogen and oxygen atoms in total. The molecule has 2 amide bonds. The van der Waals surface area contributed by atoms with E-state index in [0.717, 1.165) is 30.6 Å². The van der Waals surface area contributed by atoms with E-state index in [9.17, 15) is 9.59 Å². The summed E-state index contributed by atoms with van der Waals surface area (Å²) in [4.78, 5) is 32.4. The van der Waals surface area contributed by atoms with Gasteiger partial charge in [0.05, 0.1) is 12.7 Å². The van der Waals surface area contributed by atoms with Gasteiger partial charge in [-0.1, -0.05) is 29.8 Å². The van der Waals surface area contributed by atoms with Crippen molar-refractivity contribution < 1.29 is 14.0 Å². The van der Waals surface area contributed by atoms with Crippen LogP contribution in [0.4, 0.5) is 0 Å². The lowest BCUT2D eigenvalue weighted by Gasteiger charge is -2.25. The molecular weight excluding hydrogens is 366 g/mol. The monoisotopic (exact) mass is 387 g/mol. The molecule has 0 spiro atoms. The van der Waals surface area contributed by atoms with Gasteiger partial charge in [0.1, 0.15) is 11.8 Å². The van der Waals surface area contributed by atoms with Crippen molar-refractivity contribution in [3.05, 3.63) is 52.7 Å². The average Bonchev–Trinajstić information content (AvgIpc) is 3.38. The minimum atomic E-state index is -0.157. The summed E-state index contributed by atoms with van der Waals surface area (Å²) in [5.74, 6) is 1.33. The third kappa shape index (κ3) is 3.86. The van der Waals surface area contributed by atoms with Crippen LogP contribution in [-0.4, -0.2) is 46.2 Å². The second-order valence-electron chi connectivity index (χ2n) is 7.10. The van der Waals surface area contributed by atoms with E-state index in [1.54, 1.807) is 16.0 Å². The predicted octanol–water partition coefficient (Wildman–Crippen LogP) is 3.20. The second-order valence-corrected chi connectivity index (χ2v) is 7.50. The van der Waals surface area contributed by atoms with Crippen molar-refractivity contribution in [3.63, 3.8) is 0 Å². The lowest BCUT2D eigenvalue weighted by molar-refractivity contribution is -0.139. The zero-order valence-electron chi connectivity index (χ0n) is 15.1. The first kappa shape index (κ1) is 18.0. The van der Waals surface area contributed by atoms with Gasteiger partial charge in [-0.3, -0.25) is 9.59 Å². The van der Waals surface area contributed by atoms with Gasteiger partial charge >= 0.3 is 0 Å². The van der Waals surface area contributed by atoms with Gasteiger partial charge in [-0.05, 0) is 30.9 Å². The molecule has 7 heteroatoms. The number of benzene rings is 1. The van der Waals surface area contributed by atoms with Crippen molar-refractivity contribution in [2.45, 2.75) is 38.1 Å². The number of carbonyl (C=O) groups excluding carboxylic acids is 2. The first-order valence-corrected chi connectivity index (χ1v) is 9.75. The van der Waals surface area contributed by atoms with E-state index < -0.39 is 0 Å². The third-order valence-corrected chi connectivity index (χ3v) is 5.62. The number of hydrogen-bond donors (Lipinski definition) is 0. The van der Waals surface area contributed by atoms with E-state index >= 15 is 0 Å². The zero-order valence-corrected chi connectivity index (χ0v) is 15.8. The quantitative estimate of drug-likeness (QED) is 0.790. The topological polar surface area (TPSA) is 66.7 Å². The van der Waals surface area contributed by atoms with Crippen LogP contribution in [0.25, 0.3) is 0 Å². The Labute approximate surface area is 163 Å². The standard InChI is InChI=1S/C20H22ClN3O3/c21-16-6-2-1-5-14(16)11-15-12-22-20(27-15)17-7-3-10-24(17)19(26)13-23-9-4-8-18(23)25/h1-2,5-6,12,17H,3-4,7-11,13H2/t17-/m0/s1. The highest BCUT2D eigenvalue weighted by atomic mass is 35.5. The van der Waals surface area contributed by atoms with Crippen LogP contribution in [0.3, 0.4) is 0 Å². The van der Waals surface area contributed by atoms with Crippen LogP contribution in [0.15, 0.2) is 34.9 Å². The Morgan fingerprint density at radius 2 is 2.11 bits per heavy atom. The fraction of sp³-hybridized carbons (Fsp3) is 0.450. The van der Waals surface area contributed by atoms with Gasteiger partial charge < -0.3 is 14.2 Å². The number of aromatic nitrogens is 1. The van der Waals surface area contributed by atoms with Crippen LogP contribution >= 0.6 is 11.6 Å². The summed E-state index contributed by atoms with van der Waals surface area (Å²) in [7, 11) is 0. The van der Waals surface area contributed by atoms with Crippen LogP contribution in [0.1, 0.15) is 48.9 Å². The van der Waals surface area contributed by atoms with Crippen molar-refractivity contribution in [2.24, 2.45) is 0 Å². The number of nitrogens with zero attached hydrogens (tertiary/aromatic N) is 3. The fourth-order valence-corrected chi connectivity index (χ4v) is 4.04. The van der Waals surface area contributed by atoms with Gasteiger partial charge in [-0.2, -0.15) is 0 Å². The van der Waals surface area contributed by atoms with E-state index in [2.05, 4.69) is 4.98 Å². The molecule has 142 valence electrons. The highest BCUT2D eigenvalue weighted by Crippen LogP contribution is 2.32. The summed E-state index contributed by atoms with van der Waals surface area (Å²) in [5.41, 5.74) is 0.980. The van der Waals surface area contributed by atoms with Crippen LogP contribution in [-0.2, 0) is 16.0 Å². The molecule has 1 aromatic heterocycles. The molecule has 4 rings (SSSR count). The molecule has 1 atom stereocenters. The molecule has 0 unspecified atom stereocenters. The van der Waals surface area contributed by atoms with E-state index in [1.165, 1.54) is 0 Å². The van der Waals surface area contributed by atoms with Crippen molar-refractivity contribution in [1.29, 1.82) is 0 Å². The zero-order chi connectivity index (χ0) is 18.8. The number of likely N-dealkylation sites (tertiary alicyclic amines) is 2. The molecule has 0 aliphatic carbocycles. The molecule has 1 aromatic carbocycles. The molecule has 2 fully saturated rings. The van der Waals surface area contributed by atoms with Gasteiger partial charge in [-0.15, -0.1) is 0 Å². The Kier molecular flexibility index (Phi) is 5.16. The van der Waals surface area contributed by atoms with E-state index in [1.807, 2.05) is 24.3 Å². The van der Waals surface area contributed by atoms with Crippen molar-refractivity contribution in [2.75, 3.05) is 19.6 Å². The molecule has 0 N–H and O–H groups in total. The second kappa shape index (κ2) is 7.72. The lowest BCUT2D eigenvalue weighted by Crippen LogP contribution is -2.40. The van der Waals surface area contributed by atoms with E-state index in [0.29, 0.717) is 36.8 Å². The minimum Gasteiger partial charge on any atom is -0.443 e. The molecule has 2 saturated heterocycles. The molecule has 0 radical (unpaired) electrons. The Balaban J connectivity index is 1.44. The number of rotatable bonds is 5. The van der Waals surface area contributed by atoms with Gasteiger partial charge in [0.15, 0.2) is 0 Å². The Hall–Kier alpha value is -2.34. The molecule has 2 aliphatic heterocycles. The third-order valence-electron chi connectivity index (χ3n) is 5.25. The molecule has 27 heavy (non-hydrogen) atoms. The predicted molar refractivity (Wildman–Crippen MR) is 100 cm³/mol. The normalized spacial score (nSPS) is 19.9. The first-order chi connectivity index (χ1) is 13.1. The smallest absolute Gasteiger partial charge is 0.242 e. The maximum absolute atomic E-state index is 12.7. The molecule has 2 aromatic rings. The number of amides is 2. The summed E-state index contributed by atoms with van der Waals surface area (Å²) in [6.07, 6.45) is 5.39. The largest absolute Gasteiger partial charge is 0.443 e. The van der Waals surface area contributed by atoms with Crippen LogP contribution < -0.4 is 0 Å². The van der Waals surface area contributed by atoms with E-state index in [-0.39, 0.29) is 24.4 Å². The lowest BCUT2D eigenvalue weighted by atomic mass is 10.1. The van der Waals surface area contributed by atoms with Crippen molar-refractivity contribution in [3.8, 4) is 0 Å². The van der Waals surface area contributed by atoms with Gasteiger partial charge in [0.25, 0.3) is 0 Å². The summed E-state index contributed by atoms with van der Waals surface area (Å²) >= 11 is 6.22. The maximum atomic E-state index is 12.7. The summed E-state index contributed by atoms with van der Waals surface area (Å²) in [6, 6.07) is 7.49. The average molecular weight is 388 g/mol. The summed E-state index contributed by atoms with van der Waals surface area (Å²) in [6.45, 7) is 1.50. The van der Waals surface area contributed by atoms with Crippen LogP contribution in [0.2, 0.25) is 5.02 Å². The summed E-state index contributed by atoms with van der Waals surface area (Å²) < 4.78 is 5.95. The van der Waals surface area contributed by atoms with Gasteiger partial charge in [0, 0.05) is 31.0 Å². The minimum absolute atomic E-state index is 0.0291. The number of hydrogen-bond acceptors (Lipinski definition) is 4. The Morgan fingerprint density at radius 3 is 2.89 bits per heavy atom. The molecule has 3 heterocycles. The number of oxazole rings is 1. The van der Waals surface area contributed by atoms with Gasteiger partial charge in [0.2, 0.25) is 17.7 Å². The Morgan fingerprint density at radius 1 is 1.26 bits per heavy atom. The number of carbonyl (C=O) groups is 2. The first-order valence-electron chi connectivity index (χ1n) is 9.37. The van der Waals surface area contributed by atoms with Crippen molar-refractivity contribution in [1.82, 2.24) is 14.8 Å². The summed E-state index contributed by atoms with van der Waals surface area (Å²) in [5, 5.41) is 0.698. The van der Waals surface area contributed by atoms with Crippen LogP contribution in [0.5, 0.6) is 0 Å². The van der Waals surface area contributed by atoms with E-state index in [4.69, 9.17) is 16.0 Å². The SMILES string of the molecule is O=C1CCCN1CC(=O)N1CCC[C@H]1c1ncc(Cc2ccccc2Cl)o1. The number of halogens is 1. The highest BCUT2D eigenvalue weighted by Gasteiger charge is 2.35. The molecule has 2 aliphatic rings. The van der Waals surface area contributed by atoms with Crippen molar-refractivity contribution >= 4 is 23.4 Å². The maximum Gasteiger partial charge on any atom is 0.242 e. The van der Waals surface area contributed by atoms with Gasteiger partial charge in [-0.25, -0.2) is 4.98 Å².